The molecule has 5 aliphatic rings. The number of hydrogen-bond donors (Lipinski definition) is 3. The smallest absolute Gasteiger partial charge is 0.328 e. The highest BCUT2D eigenvalue weighted by atomic mass is 19.3. The number of para-hydroxylation sites is 1. The van der Waals surface area contributed by atoms with E-state index in [1.54, 1.807) is 41.4 Å². The Morgan fingerprint density at radius 1 is 0.969 bits per heavy atom. The highest BCUT2D eigenvalue weighted by molar-refractivity contribution is 6.06. The van der Waals surface area contributed by atoms with E-state index < -0.39 is 30.3 Å². The Morgan fingerprint density at radius 3 is 2.53 bits per heavy atom. The Balaban J connectivity index is 0.752. The number of morpholine rings is 1. The summed E-state index contributed by atoms with van der Waals surface area (Å²) in [7, 11) is 0. The van der Waals surface area contributed by atoms with Crippen LogP contribution in [0, 0.1) is 12.8 Å². The van der Waals surface area contributed by atoms with Gasteiger partial charge in [0.25, 0.3) is 11.8 Å². The zero-order chi connectivity index (χ0) is 44.3. The molecule has 4 amide bonds. The minimum Gasteiger partial charge on any atom is -0.507 e. The van der Waals surface area contributed by atoms with Gasteiger partial charge in [0.15, 0.2) is 5.82 Å². The number of alkyl halides is 2. The molecule has 4 aliphatic heterocycles. The molecule has 7 heterocycles. The fraction of sp³-hybridized carbons (Fsp3) is 0.447. The molecule has 2 atom stereocenters. The molecule has 334 valence electrons. The molecule has 64 heavy (non-hydrogen) atoms. The number of anilines is 3. The van der Waals surface area contributed by atoms with E-state index >= 15 is 8.78 Å². The SMILES string of the molecule is Cc1cc(C(=O)N2CC[C@H](CN3CCC(n4cc(C5CC5)c5cc(N6CCC(=O)NC6=O)cnc54)CC3)C(F)(F)C2)ccc1[C@@H]1CN(c2cc(-c3ccccc3O)nnc2N)CCO1. The van der Waals surface area contributed by atoms with E-state index in [2.05, 4.69) is 36.1 Å². The van der Waals surface area contributed by atoms with Gasteiger partial charge in [0.05, 0.1) is 36.4 Å². The number of fused-ring (bicyclic) bond motifs is 1. The van der Waals surface area contributed by atoms with Crippen LogP contribution in [0.1, 0.15) is 83.6 Å². The van der Waals surface area contributed by atoms with Gasteiger partial charge in [-0.1, -0.05) is 18.2 Å². The second kappa shape index (κ2) is 16.7. The van der Waals surface area contributed by atoms with Gasteiger partial charge >= 0.3 is 6.03 Å². The molecule has 0 bridgehead atoms. The fourth-order valence-electron chi connectivity index (χ4n) is 10.1. The summed E-state index contributed by atoms with van der Waals surface area (Å²) in [4.78, 5) is 50.0. The van der Waals surface area contributed by atoms with E-state index in [9.17, 15) is 19.5 Å². The number of aromatic nitrogens is 4. The number of piperidine rings is 2. The number of nitrogens with two attached hydrogens (primary N) is 1. The van der Waals surface area contributed by atoms with Crippen molar-refractivity contribution in [1.82, 2.24) is 34.9 Å². The third kappa shape index (κ3) is 8.10. The zero-order valence-electron chi connectivity index (χ0n) is 35.8. The number of phenolic OH excluding ortho intramolecular Hbond substituents is 1. The number of hydrogen-bond acceptors (Lipinski definition) is 11. The van der Waals surface area contributed by atoms with Crippen LogP contribution in [-0.4, -0.2) is 117 Å². The van der Waals surface area contributed by atoms with Crippen molar-refractivity contribution in [2.75, 3.05) is 74.5 Å². The summed E-state index contributed by atoms with van der Waals surface area (Å²) >= 11 is 0. The van der Waals surface area contributed by atoms with Gasteiger partial charge < -0.3 is 34.8 Å². The summed E-state index contributed by atoms with van der Waals surface area (Å²) in [6, 6.07) is 15.8. The molecule has 1 saturated carbocycles. The Kier molecular flexibility index (Phi) is 10.9. The van der Waals surface area contributed by atoms with E-state index in [-0.39, 0.29) is 55.6 Å². The Morgan fingerprint density at radius 2 is 1.78 bits per heavy atom. The number of nitrogen functional groups attached to an aromatic ring is 1. The third-order valence-electron chi connectivity index (χ3n) is 13.8. The minimum absolute atomic E-state index is 0.0897. The van der Waals surface area contributed by atoms with E-state index in [4.69, 9.17) is 15.5 Å². The Labute approximate surface area is 369 Å². The number of nitrogens with zero attached hydrogens (tertiary/aromatic N) is 8. The lowest BCUT2D eigenvalue weighted by Gasteiger charge is -2.42. The molecule has 3 aromatic heterocycles. The van der Waals surface area contributed by atoms with Gasteiger partial charge in [0.2, 0.25) is 5.91 Å². The maximum Gasteiger partial charge on any atom is 0.328 e. The third-order valence-corrected chi connectivity index (χ3v) is 13.8. The van der Waals surface area contributed by atoms with Gasteiger partial charge in [-0.15, -0.1) is 10.2 Å². The number of rotatable bonds is 9. The molecule has 1 aliphatic carbocycles. The van der Waals surface area contributed by atoms with Crippen molar-refractivity contribution >= 4 is 46.1 Å². The number of phenols is 1. The van der Waals surface area contributed by atoms with E-state index in [0.717, 1.165) is 47.8 Å². The highest BCUT2D eigenvalue weighted by Crippen LogP contribution is 2.46. The first-order valence-corrected chi connectivity index (χ1v) is 22.3. The topological polar surface area (TPSA) is 175 Å². The van der Waals surface area contributed by atoms with Gasteiger partial charge in [-0.2, -0.15) is 0 Å². The van der Waals surface area contributed by atoms with Crippen molar-refractivity contribution in [2.24, 2.45) is 5.92 Å². The van der Waals surface area contributed by atoms with Crippen molar-refractivity contribution in [2.45, 2.75) is 69.4 Å². The molecule has 5 aromatic rings. The van der Waals surface area contributed by atoms with Crippen LogP contribution in [0.4, 0.5) is 30.8 Å². The maximum atomic E-state index is 16.0. The second-order valence-electron chi connectivity index (χ2n) is 18.0. The van der Waals surface area contributed by atoms with E-state index in [0.29, 0.717) is 73.4 Å². The summed E-state index contributed by atoms with van der Waals surface area (Å²) in [6.45, 7) is 4.90. The number of urea groups is 1. The van der Waals surface area contributed by atoms with Crippen LogP contribution in [-0.2, 0) is 9.53 Å². The van der Waals surface area contributed by atoms with Crippen molar-refractivity contribution < 1.29 is 33.0 Å². The highest BCUT2D eigenvalue weighted by Gasteiger charge is 2.47. The molecule has 4 N–H and O–H groups in total. The molecule has 0 unspecified atom stereocenters. The fourth-order valence-corrected chi connectivity index (χ4v) is 10.1. The van der Waals surface area contributed by atoms with Gasteiger partial charge in [0, 0.05) is 86.9 Å². The largest absolute Gasteiger partial charge is 0.507 e. The van der Waals surface area contributed by atoms with Crippen molar-refractivity contribution in [1.29, 1.82) is 0 Å². The first-order chi connectivity index (χ1) is 30.9. The van der Waals surface area contributed by atoms with Crippen LogP contribution in [0.25, 0.3) is 22.3 Å². The number of halogens is 2. The molecule has 5 fully saturated rings. The first kappa shape index (κ1) is 41.8. The van der Waals surface area contributed by atoms with E-state index in [1.807, 2.05) is 31.2 Å². The van der Waals surface area contributed by atoms with Crippen LogP contribution in [0.3, 0.4) is 0 Å². The summed E-state index contributed by atoms with van der Waals surface area (Å²) in [5.41, 5.74) is 12.8. The van der Waals surface area contributed by atoms with Crippen LogP contribution in [0.5, 0.6) is 5.75 Å². The molecule has 2 aromatic carbocycles. The molecular formula is C47H52F2N10O5. The van der Waals surface area contributed by atoms with Crippen molar-refractivity contribution in [3.05, 3.63) is 89.2 Å². The Hall–Kier alpha value is -6.20. The predicted octanol–water partition coefficient (Wildman–Crippen LogP) is 6.43. The van der Waals surface area contributed by atoms with Crippen LogP contribution in [0.2, 0.25) is 0 Å². The van der Waals surface area contributed by atoms with E-state index in [1.165, 1.54) is 10.5 Å². The number of aromatic hydroxyl groups is 1. The molecule has 0 spiro atoms. The summed E-state index contributed by atoms with van der Waals surface area (Å²) < 4.78 is 40.4. The molecule has 0 radical (unpaired) electrons. The number of pyridine rings is 1. The molecule has 15 nitrogen and oxygen atoms in total. The minimum atomic E-state index is -3.04. The predicted molar refractivity (Wildman–Crippen MR) is 237 cm³/mol. The summed E-state index contributed by atoms with van der Waals surface area (Å²) in [6.07, 6.45) is 7.82. The number of imide groups is 1. The van der Waals surface area contributed by atoms with Crippen molar-refractivity contribution in [3.8, 4) is 17.0 Å². The second-order valence-corrected chi connectivity index (χ2v) is 18.0. The van der Waals surface area contributed by atoms with Crippen molar-refractivity contribution in [3.63, 3.8) is 0 Å². The van der Waals surface area contributed by atoms with Gasteiger partial charge in [-0.3, -0.25) is 19.8 Å². The van der Waals surface area contributed by atoms with Gasteiger partial charge in [-0.25, -0.2) is 18.6 Å². The first-order valence-electron chi connectivity index (χ1n) is 22.3. The number of aryl methyl sites for hydroxylation is 1. The number of benzene rings is 2. The monoisotopic (exact) mass is 874 g/mol. The van der Waals surface area contributed by atoms with Gasteiger partial charge in [-0.05, 0) is 98.0 Å². The number of ether oxygens (including phenoxy) is 1. The zero-order valence-corrected chi connectivity index (χ0v) is 35.8. The number of carbonyl (C=O) groups excluding carboxylic acids is 3. The number of amides is 4. The lowest BCUT2D eigenvalue weighted by Crippen LogP contribution is -2.54. The molecule has 10 rings (SSSR count). The molecule has 17 heteroatoms. The number of nitrogens with one attached hydrogen (secondary N) is 1. The number of carbonyl (C=O) groups is 3. The maximum absolute atomic E-state index is 16.0. The summed E-state index contributed by atoms with van der Waals surface area (Å²) in [5, 5.41) is 22.2. The summed E-state index contributed by atoms with van der Waals surface area (Å²) in [5.74, 6) is -3.79. The molecular weight excluding hydrogens is 823 g/mol. The van der Waals surface area contributed by atoms with Gasteiger partial charge in [0.1, 0.15) is 17.5 Å². The standard InChI is InChI=1S/C47H52F2N10O5/c1-28-20-30(8-9-34(28)41-26-56(18-19-64-41)39-22-38(53-54-43(39)50)35-4-2-3-5-40(35)60)45(62)57-16-10-31(47(48,49)27-57)24-55-14-11-32(12-15-55)59-25-37(29-6-7-29)36-21-33(23-51-44(36)59)58-17-13-42(61)52-46(58)63/h2-5,8-9,20-23,25,29,31-32,41,60H,6-7,10-19,24,26-27H2,1H3,(H2,50,54)(H,52,61,63)/t31-,41+/m1/s1. The quantitative estimate of drug-likeness (QED) is 0.149. The molecule has 4 saturated heterocycles. The van der Waals surface area contributed by atoms with Crippen LogP contribution < -0.4 is 20.9 Å². The normalized spacial score (nSPS) is 22.3. The van der Waals surface area contributed by atoms with Crippen LogP contribution >= 0.6 is 0 Å². The lowest BCUT2D eigenvalue weighted by atomic mass is 9.90. The number of likely N-dealkylation sites (tertiary alicyclic amines) is 2. The van der Waals surface area contributed by atoms with Crippen LogP contribution in [0.15, 0.2) is 67.0 Å². The Bertz CT molecular complexity index is 2630. The average molecular weight is 875 g/mol. The average Bonchev–Trinajstić information content (AvgIpc) is 4.07. The lowest BCUT2D eigenvalue weighted by molar-refractivity contribution is -0.120.